The van der Waals surface area contributed by atoms with Gasteiger partial charge in [0.1, 0.15) is 0 Å². The molecule has 0 fully saturated rings. The fraction of sp³-hybridized carbons (Fsp3) is 1.00. The van der Waals surface area contributed by atoms with Crippen LogP contribution < -0.4 is 35.3 Å². The Morgan fingerprint density at radius 2 is 0.765 bits per heavy atom. The number of unbranched alkanes of at least 4 members (excludes halogenated alkanes) is 9. The van der Waals surface area contributed by atoms with Crippen molar-refractivity contribution in [2.45, 2.75) is 77.0 Å². The van der Waals surface area contributed by atoms with Crippen molar-refractivity contribution < 1.29 is 29.6 Å². The normalized spacial score (nSPS) is 8.09. The first kappa shape index (κ1) is 43.2. The van der Waals surface area contributed by atoms with Crippen LogP contribution in [0.4, 0.5) is 0 Å². The first-order valence-corrected chi connectivity index (χ1v) is 13.2. The summed E-state index contributed by atoms with van der Waals surface area (Å²) in [7, 11) is 0. The van der Waals surface area contributed by atoms with E-state index in [4.69, 9.17) is 33.4 Å². The van der Waals surface area contributed by atoms with E-state index in [1.807, 2.05) is 0 Å². The van der Waals surface area contributed by atoms with Crippen molar-refractivity contribution in [3.8, 4) is 0 Å². The average molecular weight is 619 g/mol. The Hall–Kier alpha value is -0.840. The molecule has 0 aliphatic heterocycles. The molecule has 190 valence electrons. The third-order valence-corrected chi connectivity index (χ3v) is 4.81. The molecule has 0 aromatic carbocycles. The molecule has 0 bridgehead atoms. The van der Waals surface area contributed by atoms with Crippen LogP contribution in [-0.2, 0) is 0 Å². The molecular weight excluding hydrogens is 581 g/mol. The third kappa shape index (κ3) is 69.7. The summed E-state index contributed by atoms with van der Waals surface area (Å²) in [6.07, 6.45) is 13.6. The number of rotatable bonds is 18. The second-order valence-corrected chi connectivity index (χ2v) is 7.95. The van der Waals surface area contributed by atoms with E-state index in [2.05, 4.69) is 61.9 Å². The number of halogens is 2. The van der Waals surface area contributed by atoms with Crippen LogP contribution in [0.5, 0.6) is 0 Å². The van der Waals surface area contributed by atoms with Gasteiger partial charge in [-0.1, -0.05) is 85.7 Å². The summed E-state index contributed by atoms with van der Waals surface area (Å²) in [5.74, 6) is 0. The molecule has 0 spiro atoms. The van der Waals surface area contributed by atoms with Crippen LogP contribution in [-0.4, -0.2) is 36.8 Å². The monoisotopic (exact) mass is 617 g/mol. The summed E-state index contributed by atoms with van der Waals surface area (Å²) in [6, 6.07) is 0. The van der Waals surface area contributed by atoms with Gasteiger partial charge in [0.2, 0.25) is 0 Å². The van der Waals surface area contributed by atoms with Gasteiger partial charge in [0.05, 0.1) is 0 Å². The van der Waals surface area contributed by atoms with Crippen molar-refractivity contribution in [2.75, 3.05) is 36.8 Å². The van der Waals surface area contributed by atoms with Gasteiger partial charge >= 0.3 is 29.6 Å². The molecule has 0 aliphatic carbocycles. The fourth-order valence-corrected chi connectivity index (χ4v) is 2.87. The molecular formula is C18H38Br2N13Na. The molecule has 0 rings (SSSR count). The molecule has 0 atom stereocenters. The Morgan fingerprint density at radius 3 is 1.00 bits per heavy atom. The molecule has 0 heterocycles. The van der Waals surface area contributed by atoms with Crippen LogP contribution in [0.15, 0.2) is 15.3 Å². The number of alkyl halides is 2. The van der Waals surface area contributed by atoms with Gasteiger partial charge in [-0.25, -0.2) is 0 Å². The van der Waals surface area contributed by atoms with Gasteiger partial charge in [-0.15, -0.1) is 0 Å². The van der Waals surface area contributed by atoms with E-state index in [1.54, 1.807) is 0 Å². The molecule has 2 N–H and O–H groups in total. The van der Waals surface area contributed by atoms with Crippen molar-refractivity contribution in [1.82, 2.24) is 0 Å². The number of hydrogen-bond acceptors (Lipinski definition) is 4. The predicted molar refractivity (Wildman–Crippen MR) is 144 cm³/mol. The van der Waals surface area contributed by atoms with Gasteiger partial charge in [0, 0.05) is 45.0 Å². The van der Waals surface area contributed by atoms with Crippen molar-refractivity contribution in [2.24, 2.45) is 21.1 Å². The maximum Gasteiger partial charge on any atom is 1.00 e. The minimum absolute atomic E-state index is 0. The summed E-state index contributed by atoms with van der Waals surface area (Å²) in [6.45, 7) is 2.53. The van der Waals surface area contributed by atoms with E-state index < -0.39 is 0 Å². The van der Waals surface area contributed by atoms with Crippen molar-refractivity contribution in [3.63, 3.8) is 0 Å². The molecule has 0 aliphatic rings. The van der Waals surface area contributed by atoms with Crippen LogP contribution in [0.2, 0.25) is 0 Å². The Bertz CT molecular complexity index is 516. The Kier molecular flexibility index (Phi) is 68.0. The molecule has 0 unspecified atom stereocenters. The first-order chi connectivity index (χ1) is 16.2. The summed E-state index contributed by atoms with van der Waals surface area (Å²) < 4.78 is 0. The van der Waals surface area contributed by atoms with Gasteiger partial charge in [-0.3, -0.25) is 4.91 Å². The number of nitrogens with two attached hydrogens (primary N) is 1. The molecule has 0 amide bonds. The summed E-state index contributed by atoms with van der Waals surface area (Å²) in [4.78, 5) is 9.44. The van der Waals surface area contributed by atoms with Gasteiger partial charge in [-0.05, 0) is 61.7 Å². The summed E-state index contributed by atoms with van der Waals surface area (Å²) >= 11 is 6.78. The number of nitrogens with zero attached hydrogens (tertiary/aromatic N) is 12. The molecule has 34 heavy (non-hydrogen) atoms. The Morgan fingerprint density at radius 1 is 0.500 bits per heavy atom. The minimum Gasteiger partial charge on any atom is -0.373 e. The average Bonchev–Trinajstić information content (AvgIpc) is 2.82. The molecule has 0 saturated carbocycles. The number of azide groups is 3. The molecule has 0 saturated heterocycles. The predicted octanol–water partition coefficient (Wildman–Crippen LogP) is 6.19. The zero-order chi connectivity index (χ0) is 25.7. The second-order valence-electron chi connectivity index (χ2n) is 6.36. The smallest absolute Gasteiger partial charge is 0.373 e. The maximum atomic E-state index is 7.94. The molecule has 13 nitrogen and oxygen atoms in total. The van der Waals surface area contributed by atoms with Gasteiger partial charge < -0.3 is 16.8 Å². The van der Waals surface area contributed by atoms with E-state index in [1.165, 1.54) is 30.6 Å². The van der Waals surface area contributed by atoms with Gasteiger partial charge in [0.25, 0.3) is 0 Å². The Balaban J connectivity index is -0.000000117. The summed E-state index contributed by atoms with van der Waals surface area (Å²) in [5, 5.41) is 12.6. The molecule has 0 radical (unpaired) electrons. The van der Waals surface area contributed by atoms with Crippen LogP contribution in [0.25, 0.3) is 47.3 Å². The van der Waals surface area contributed by atoms with Crippen LogP contribution in [0.3, 0.4) is 0 Å². The quantitative estimate of drug-likeness (QED) is 0.0464. The van der Waals surface area contributed by atoms with Crippen LogP contribution in [0.1, 0.15) is 77.0 Å². The van der Waals surface area contributed by atoms with Gasteiger partial charge in [-0.2, -0.15) is 0 Å². The SMILES string of the molecule is BrCCCCCCBr.[N-]=[N+]=NCCCCCCN.[N-]=[N+]=NCCCCCCN=[N+]=[N-].[N-]=[N+]=[N-].[Na+]. The van der Waals surface area contributed by atoms with E-state index in [0.717, 1.165) is 68.6 Å². The Labute approximate surface area is 242 Å². The van der Waals surface area contributed by atoms with Crippen molar-refractivity contribution >= 4 is 31.9 Å². The van der Waals surface area contributed by atoms with Crippen LogP contribution in [0, 0.1) is 0 Å². The zero-order valence-electron chi connectivity index (χ0n) is 20.4. The maximum absolute atomic E-state index is 7.94. The topological polar surface area (TPSA) is 231 Å². The third-order valence-electron chi connectivity index (χ3n) is 3.69. The largest absolute Gasteiger partial charge is 1.00 e. The zero-order valence-corrected chi connectivity index (χ0v) is 25.6. The van der Waals surface area contributed by atoms with Gasteiger partial charge in [0.15, 0.2) is 0 Å². The van der Waals surface area contributed by atoms with Crippen LogP contribution >= 0.6 is 31.9 Å². The van der Waals surface area contributed by atoms with E-state index in [0.29, 0.717) is 19.6 Å². The minimum atomic E-state index is 0. The van der Waals surface area contributed by atoms with Crippen molar-refractivity contribution in [3.05, 3.63) is 47.3 Å². The standard InChI is InChI=1S/C6H12Br2.C6H12N6.C6H14N4.N3.Na/c7-5-3-1-2-4-6-8;7-11-9-5-3-1-2-4-6-10-12-8;7-5-3-1-2-4-6-9-10-8;1-3-2;/h1-6H2;1-6H2;1-7H2;;/q;;;-1;+1. The fourth-order valence-electron chi connectivity index (χ4n) is 2.08. The molecule has 0 aromatic rings. The van der Waals surface area contributed by atoms with E-state index in [-0.39, 0.29) is 29.6 Å². The molecule has 0 aromatic heterocycles. The van der Waals surface area contributed by atoms with Crippen molar-refractivity contribution in [1.29, 1.82) is 0 Å². The number of hydrogen-bond donors (Lipinski definition) is 1. The first-order valence-electron chi connectivity index (χ1n) is 11.0. The molecule has 16 heteroatoms. The summed E-state index contributed by atoms with van der Waals surface area (Å²) in [5.41, 5.74) is 42.6. The second kappa shape index (κ2) is 53.5. The van der Waals surface area contributed by atoms with E-state index >= 15 is 0 Å². The van der Waals surface area contributed by atoms with E-state index in [9.17, 15) is 0 Å².